The van der Waals surface area contributed by atoms with E-state index in [0.29, 0.717) is 0 Å². The molecule has 0 spiro atoms. The number of hydrogen-bond acceptors (Lipinski definition) is 0. The van der Waals surface area contributed by atoms with Crippen molar-refractivity contribution in [2.75, 3.05) is 0 Å². The van der Waals surface area contributed by atoms with Crippen molar-refractivity contribution in [1.82, 2.24) is 0 Å². The van der Waals surface area contributed by atoms with Crippen LogP contribution in [0.15, 0.2) is 12.2 Å². The second-order valence-electron chi connectivity index (χ2n) is 2.70. The smallest absolute Gasteiger partial charge is 0.195 e. The highest BCUT2D eigenvalue weighted by Crippen LogP contribution is 2.53. The first kappa shape index (κ1) is 16.0. The van der Waals surface area contributed by atoms with Gasteiger partial charge >= 0.3 is 23.9 Å². The van der Waals surface area contributed by atoms with Crippen molar-refractivity contribution in [3.8, 4) is 0 Å². The van der Waals surface area contributed by atoms with Gasteiger partial charge in [-0.3, -0.25) is 0 Å². The molecule has 0 aliphatic rings. The summed E-state index contributed by atoms with van der Waals surface area (Å²) in [6, 6.07) is 0. The fourth-order valence-corrected chi connectivity index (χ4v) is 0.615. The predicted octanol–water partition coefficient (Wildman–Crippen LogP) is 4.24. The van der Waals surface area contributed by atoms with E-state index in [0.717, 1.165) is 0 Å². The molecule has 0 aliphatic carbocycles. The molecule has 0 bridgehead atoms. The van der Waals surface area contributed by atoms with Crippen molar-refractivity contribution in [2.45, 2.75) is 23.9 Å². The summed E-state index contributed by atoms with van der Waals surface area (Å²) in [7, 11) is 0. The van der Waals surface area contributed by atoms with Gasteiger partial charge in [0.05, 0.1) is 6.08 Å². The third kappa shape index (κ3) is 2.63. The van der Waals surface area contributed by atoms with E-state index in [-0.39, 0.29) is 0 Å². The van der Waals surface area contributed by atoms with Crippen LogP contribution in [0.5, 0.6) is 0 Å². The van der Waals surface area contributed by atoms with E-state index >= 15 is 0 Å². The lowest BCUT2D eigenvalue weighted by Gasteiger charge is -2.31. The van der Waals surface area contributed by atoms with Crippen LogP contribution in [0.2, 0.25) is 0 Å². The van der Waals surface area contributed by atoms with Crippen LogP contribution in [0.1, 0.15) is 0 Å². The highest BCUT2D eigenvalue weighted by Gasteiger charge is 2.81. The summed E-state index contributed by atoms with van der Waals surface area (Å²) in [5.74, 6) is -20.6. The Morgan fingerprint density at radius 1 is 0.647 bits per heavy atom. The largest absolute Gasteiger partial charge is 0.460 e. The fourth-order valence-electron chi connectivity index (χ4n) is 0.615. The van der Waals surface area contributed by atoms with E-state index < -0.39 is 36.1 Å². The third-order valence-electron chi connectivity index (χ3n) is 1.46. The van der Waals surface area contributed by atoms with Crippen molar-refractivity contribution in [1.29, 1.82) is 0 Å². The highest BCUT2D eigenvalue weighted by atomic mass is 19.4. The Morgan fingerprint density at radius 3 is 1.24 bits per heavy atom. The number of halogens is 11. The van der Waals surface area contributed by atoms with Crippen LogP contribution in [0.25, 0.3) is 0 Å². The van der Waals surface area contributed by atoms with Gasteiger partial charge in [-0.25, -0.2) is 0 Å². The average molecular weight is 282 g/mol. The lowest BCUT2D eigenvalue weighted by Crippen LogP contribution is -2.60. The zero-order valence-corrected chi connectivity index (χ0v) is 7.23. The molecular formula is C6HF11. The Balaban J connectivity index is 5.64. The normalized spacial score (nSPS) is 14.8. The Labute approximate surface area is 85.7 Å². The molecule has 0 radical (unpaired) electrons. The van der Waals surface area contributed by atoms with Crippen molar-refractivity contribution in [2.24, 2.45) is 0 Å². The Kier molecular flexibility index (Phi) is 3.77. The van der Waals surface area contributed by atoms with Crippen LogP contribution >= 0.6 is 0 Å². The molecule has 0 aromatic carbocycles. The van der Waals surface area contributed by atoms with Gasteiger partial charge in [0, 0.05) is 0 Å². The minimum absolute atomic E-state index is 1.97. The first-order valence-corrected chi connectivity index (χ1v) is 3.41. The molecule has 0 aliphatic heterocycles. The molecular weight excluding hydrogens is 281 g/mol. The fraction of sp³-hybridized carbons (Fsp3) is 0.667. The molecule has 0 atom stereocenters. The van der Waals surface area contributed by atoms with Gasteiger partial charge in [0.1, 0.15) is 0 Å². The standard InChI is InChI=1S/C6HF11/c7-2(8)1-3(9,10)4(11,12)5(13,14)6(15,16)17/h1H. The highest BCUT2D eigenvalue weighted by molar-refractivity contribution is 5.10. The number of alkyl halides is 9. The maximum Gasteiger partial charge on any atom is 0.460 e. The Hall–Kier alpha value is -1.03. The maximum atomic E-state index is 12.2. The summed E-state index contributed by atoms with van der Waals surface area (Å²) >= 11 is 0. The van der Waals surface area contributed by atoms with Gasteiger partial charge in [0.25, 0.3) is 6.08 Å². The van der Waals surface area contributed by atoms with Crippen LogP contribution in [0.4, 0.5) is 48.3 Å². The Morgan fingerprint density at radius 2 is 1.00 bits per heavy atom. The molecule has 0 rings (SSSR count). The van der Waals surface area contributed by atoms with Gasteiger partial charge < -0.3 is 0 Å². The molecule has 0 heterocycles. The zero-order valence-electron chi connectivity index (χ0n) is 7.23. The number of hydrogen-bond donors (Lipinski definition) is 0. The summed E-state index contributed by atoms with van der Waals surface area (Å²) in [6.07, 6.45) is -12.5. The van der Waals surface area contributed by atoms with Gasteiger partial charge in [0.15, 0.2) is 0 Å². The van der Waals surface area contributed by atoms with Gasteiger partial charge in [-0.05, 0) is 0 Å². The van der Waals surface area contributed by atoms with Gasteiger partial charge in [0.2, 0.25) is 0 Å². The van der Waals surface area contributed by atoms with Crippen molar-refractivity contribution >= 4 is 0 Å². The zero-order chi connectivity index (χ0) is 14.3. The van der Waals surface area contributed by atoms with Crippen LogP contribution < -0.4 is 0 Å². The van der Waals surface area contributed by atoms with E-state index in [1.54, 1.807) is 0 Å². The van der Waals surface area contributed by atoms with Crippen LogP contribution in [-0.4, -0.2) is 23.9 Å². The molecule has 17 heavy (non-hydrogen) atoms. The van der Waals surface area contributed by atoms with Crippen LogP contribution in [0, 0.1) is 0 Å². The number of rotatable bonds is 3. The lowest BCUT2D eigenvalue weighted by atomic mass is 10.0. The molecule has 0 saturated heterocycles. The Bertz CT molecular complexity index is 304. The minimum atomic E-state index is -7.16. The van der Waals surface area contributed by atoms with Crippen molar-refractivity contribution in [3.63, 3.8) is 0 Å². The van der Waals surface area contributed by atoms with E-state index in [1.807, 2.05) is 0 Å². The number of allylic oxidation sites excluding steroid dienone is 1. The minimum Gasteiger partial charge on any atom is -0.195 e. The van der Waals surface area contributed by atoms with Crippen molar-refractivity contribution < 1.29 is 48.3 Å². The molecule has 0 saturated carbocycles. The predicted molar refractivity (Wildman–Crippen MR) is 31.2 cm³/mol. The average Bonchev–Trinajstić information content (AvgIpc) is 1.98. The summed E-state index contributed by atoms with van der Waals surface area (Å²) < 4.78 is 130. The van der Waals surface area contributed by atoms with Gasteiger partial charge in [-0.1, -0.05) is 0 Å². The maximum absolute atomic E-state index is 12.2. The van der Waals surface area contributed by atoms with Gasteiger partial charge in [-0.15, -0.1) is 0 Å². The molecule has 11 heteroatoms. The molecule has 0 unspecified atom stereocenters. The first-order valence-electron chi connectivity index (χ1n) is 3.41. The monoisotopic (exact) mass is 282 g/mol. The second-order valence-corrected chi connectivity index (χ2v) is 2.70. The molecule has 0 aromatic rings. The summed E-state index contributed by atoms with van der Waals surface area (Å²) in [5, 5.41) is 0. The molecule has 0 N–H and O–H groups in total. The third-order valence-corrected chi connectivity index (χ3v) is 1.46. The second kappa shape index (κ2) is 4.02. The van der Waals surface area contributed by atoms with E-state index in [1.165, 1.54) is 0 Å². The summed E-state index contributed by atoms with van der Waals surface area (Å²) in [5.41, 5.74) is 0. The summed E-state index contributed by atoms with van der Waals surface area (Å²) in [4.78, 5) is 0. The van der Waals surface area contributed by atoms with Crippen LogP contribution in [-0.2, 0) is 0 Å². The molecule has 0 aromatic heterocycles. The van der Waals surface area contributed by atoms with Crippen LogP contribution in [0.3, 0.4) is 0 Å². The molecule has 0 amide bonds. The molecule has 0 nitrogen and oxygen atoms in total. The molecule has 102 valence electrons. The van der Waals surface area contributed by atoms with E-state index in [4.69, 9.17) is 0 Å². The van der Waals surface area contributed by atoms with Crippen molar-refractivity contribution in [3.05, 3.63) is 12.2 Å². The summed E-state index contributed by atoms with van der Waals surface area (Å²) in [6.45, 7) is 0. The van der Waals surface area contributed by atoms with E-state index in [9.17, 15) is 48.3 Å². The molecule has 0 fully saturated rings. The van der Waals surface area contributed by atoms with E-state index in [2.05, 4.69) is 0 Å². The first-order chi connectivity index (χ1) is 7.17. The lowest BCUT2D eigenvalue weighted by molar-refractivity contribution is -0.388. The van der Waals surface area contributed by atoms with Gasteiger partial charge in [-0.2, -0.15) is 48.3 Å². The SMILES string of the molecule is FC(F)=CC(F)(F)C(F)(F)C(F)(F)C(F)(F)F. The quantitative estimate of drug-likeness (QED) is 0.679. The topological polar surface area (TPSA) is 0 Å².